The van der Waals surface area contributed by atoms with Gasteiger partial charge in [-0.25, -0.2) is 0 Å². The standard InChI is InChI=1S/C13H8BrIN2O3/c14-10-6-5-8(17(19)20)7-9(10)13(18)16-12-4-2-1-3-11(12)15/h1-7H,(H,16,18). The summed E-state index contributed by atoms with van der Waals surface area (Å²) in [5, 5.41) is 13.5. The molecular weight excluding hydrogens is 439 g/mol. The van der Waals surface area contributed by atoms with Crippen LogP contribution in [0.3, 0.4) is 0 Å². The van der Waals surface area contributed by atoms with Gasteiger partial charge < -0.3 is 5.32 Å². The maximum absolute atomic E-state index is 12.2. The second-order valence-electron chi connectivity index (χ2n) is 3.86. The maximum Gasteiger partial charge on any atom is 0.270 e. The van der Waals surface area contributed by atoms with Gasteiger partial charge in [0.15, 0.2) is 0 Å². The van der Waals surface area contributed by atoms with Crippen LogP contribution in [-0.4, -0.2) is 10.8 Å². The van der Waals surface area contributed by atoms with E-state index in [1.54, 1.807) is 12.1 Å². The van der Waals surface area contributed by atoms with Gasteiger partial charge in [-0.15, -0.1) is 0 Å². The Hall–Kier alpha value is -1.48. The number of nitro benzene ring substituents is 1. The lowest BCUT2D eigenvalue weighted by Crippen LogP contribution is -2.13. The second-order valence-corrected chi connectivity index (χ2v) is 5.87. The van der Waals surface area contributed by atoms with Crippen LogP contribution >= 0.6 is 38.5 Å². The number of nitrogens with one attached hydrogen (secondary N) is 1. The molecule has 0 fully saturated rings. The number of nitrogens with zero attached hydrogens (tertiary/aromatic N) is 1. The third-order valence-electron chi connectivity index (χ3n) is 2.53. The fraction of sp³-hybridized carbons (Fsp3) is 0. The largest absolute Gasteiger partial charge is 0.321 e. The number of hydrogen-bond acceptors (Lipinski definition) is 3. The zero-order valence-electron chi connectivity index (χ0n) is 9.97. The highest BCUT2D eigenvalue weighted by Crippen LogP contribution is 2.24. The molecule has 0 unspecified atom stereocenters. The van der Waals surface area contributed by atoms with E-state index in [1.165, 1.54) is 18.2 Å². The van der Waals surface area contributed by atoms with Crippen LogP contribution < -0.4 is 5.32 Å². The van der Waals surface area contributed by atoms with E-state index in [4.69, 9.17) is 0 Å². The van der Waals surface area contributed by atoms with Gasteiger partial charge in [0.25, 0.3) is 11.6 Å². The zero-order chi connectivity index (χ0) is 14.7. The molecule has 0 bridgehead atoms. The van der Waals surface area contributed by atoms with Crippen molar-refractivity contribution in [1.29, 1.82) is 0 Å². The predicted octanol–water partition coefficient (Wildman–Crippen LogP) is 4.21. The molecule has 2 aromatic rings. The third-order valence-corrected chi connectivity index (χ3v) is 4.16. The fourth-order valence-corrected chi connectivity index (χ4v) is 2.50. The lowest BCUT2D eigenvalue weighted by molar-refractivity contribution is -0.384. The molecule has 102 valence electrons. The molecule has 1 N–H and O–H groups in total. The minimum Gasteiger partial charge on any atom is -0.321 e. The molecule has 2 rings (SSSR count). The molecule has 0 aliphatic heterocycles. The Morgan fingerprint density at radius 3 is 2.60 bits per heavy atom. The highest BCUT2D eigenvalue weighted by Gasteiger charge is 2.16. The van der Waals surface area contributed by atoms with E-state index in [1.807, 2.05) is 12.1 Å². The van der Waals surface area contributed by atoms with Crippen molar-refractivity contribution in [3.05, 3.63) is 66.2 Å². The summed E-state index contributed by atoms with van der Waals surface area (Å²) in [5.41, 5.74) is 0.761. The molecule has 0 aliphatic carbocycles. The molecule has 0 spiro atoms. The van der Waals surface area contributed by atoms with Gasteiger partial charge in [0, 0.05) is 20.2 Å². The lowest BCUT2D eigenvalue weighted by Gasteiger charge is -2.08. The van der Waals surface area contributed by atoms with E-state index in [-0.39, 0.29) is 11.3 Å². The number of halogens is 2. The number of amides is 1. The van der Waals surface area contributed by atoms with Crippen molar-refractivity contribution in [2.75, 3.05) is 5.32 Å². The van der Waals surface area contributed by atoms with Gasteiger partial charge in [0.05, 0.1) is 16.2 Å². The van der Waals surface area contributed by atoms with E-state index in [9.17, 15) is 14.9 Å². The van der Waals surface area contributed by atoms with E-state index < -0.39 is 10.8 Å². The number of nitro groups is 1. The fourth-order valence-electron chi connectivity index (χ4n) is 1.55. The Labute approximate surface area is 136 Å². The summed E-state index contributed by atoms with van der Waals surface area (Å²) < 4.78 is 1.39. The Kier molecular flexibility index (Phi) is 4.71. The SMILES string of the molecule is O=C(Nc1ccccc1I)c1cc([N+](=O)[O-])ccc1Br. The summed E-state index contributed by atoms with van der Waals surface area (Å²) in [7, 11) is 0. The highest BCUT2D eigenvalue weighted by atomic mass is 127. The molecule has 0 atom stereocenters. The number of non-ortho nitro benzene ring substituents is 1. The summed E-state index contributed by atoms with van der Waals surface area (Å²) in [6, 6.07) is 11.4. The minimum absolute atomic E-state index is 0.124. The monoisotopic (exact) mass is 446 g/mol. The van der Waals surface area contributed by atoms with Crippen molar-refractivity contribution in [2.24, 2.45) is 0 Å². The molecule has 20 heavy (non-hydrogen) atoms. The average molecular weight is 447 g/mol. The highest BCUT2D eigenvalue weighted by molar-refractivity contribution is 14.1. The molecule has 7 heteroatoms. The summed E-state index contributed by atoms with van der Waals surface area (Å²) in [6.45, 7) is 0. The van der Waals surface area contributed by atoms with Gasteiger partial charge in [-0.1, -0.05) is 12.1 Å². The van der Waals surface area contributed by atoms with Crippen LogP contribution in [0.5, 0.6) is 0 Å². The van der Waals surface area contributed by atoms with Crippen LogP contribution in [0.15, 0.2) is 46.9 Å². The zero-order valence-corrected chi connectivity index (χ0v) is 13.7. The van der Waals surface area contributed by atoms with E-state index in [0.717, 1.165) is 3.57 Å². The number of hydrogen-bond donors (Lipinski definition) is 1. The predicted molar refractivity (Wildman–Crippen MR) is 87.9 cm³/mol. The van der Waals surface area contributed by atoms with E-state index in [0.29, 0.717) is 10.2 Å². The topological polar surface area (TPSA) is 72.2 Å². The van der Waals surface area contributed by atoms with Crippen molar-refractivity contribution in [3.8, 4) is 0 Å². The van der Waals surface area contributed by atoms with Crippen molar-refractivity contribution < 1.29 is 9.72 Å². The summed E-state index contributed by atoms with van der Waals surface area (Å²) in [5.74, 6) is -0.398. The number of benzene rings is 2. The molecule has 0 aliphatic rings. The molecular formula is C13H8BrIN2O3. The number of carbonyl (C=O) groups is 1. The lowest BCUT2D eigenvalue weighted by atomic mass is 10.2. The molecule has 0 heterocycles. The van der Waals surface area contributed by atoms with Crippen LogP contribution in [0.4, 0.5) is 11.4 Å². The average Bonchev–Trinajstić information content (AvgIpc) is 2.41. The van der Waals surface area contributed by atoms with Gasteiger partial charge >= 0.3 is 0 Å². The first-order chi connectivity index (χ1) is 9.49. The van der Waals surface area contributed by atoms with Gasteiger partial charge in [0.2, 0.25) is 0 Å². The molecule has 5 nitrogen and oxygen atoms in total. The molecule has 2 aromatic carbocycles. The van der Waals surface area contributed by atoms with E-state index >= 15 is 0 Å². The number of para-hydroxylation sites is 1. The first-order valence-electron chi connectivity index (χ1n) is 5.49. The Bertz CT molecular complexity index is 691. The smallest absolute Gasteiger partial charge is 0.270 e. The van der Waals surface area contributed by atoms with Gasteiger partial charge in [0.1, 0.15) is 0 Å². The molecule has 1 amide bonds. The van der Waals surface area contributed by atoms with Crippen LogP contribution in [0.2, 0.25) is 0 Å². The Morgan fingerprint density at radius 2 is 1.95 bits per heavy atom. The van der Waals surface area contributed by atoms with E-state index in [2.05, 4.69) is 43.8 Å². The third kappa shape index (κ3) is 3.34. The van der Waals surface area contributed by atoms with Crippen molar-refractivity contribution >= 4 is 55.8 Å². The quantitative estimate of drug-likeness (QED) is 0.436. The minimum atomic E-state index is -0.532. The van der Waals surface area contributed by atoms with Crippen LogP contribution in [0.25, 0.3) is 0 Å². The van der Waals surface area contributed by atoms with Gasteiger partial charge in [-0.3, -0.25) is 14.9 Å². The molecule has 0 saturated carbocycles. The Balaban J connectivity index is 2.32. The number of rotatable bonds is 3. The molecule has 0 aromatic heterocycles. The van der Waals surface area contributed by atoms with Crippen LogP contribution in [0, 0.1) is 13.7 Å². The van der Waals surface area contributed by atoms with Crippen LogP contribution in [-0.2, 0) is 0 Å². The summed E-state index contributed by atoms with van der Waals surface area (Å²) in [4.78, 5) is 22.4. The number of carbonyl (C=O) groups excluding carboxylic acids is 1. The van der Waals surface area contributed by atoms with Crippen molar-refractivity contribution in [2.45, 2.75) is 0 Å². The van der Waals surface area contributed by atoms with Crippen molar-refractivity contribution in [3.63, 3.8) is 0 Å². The summed E-state index contributed by atoms with van der Waals surface area (Å²) in [6.07, 6.45) is 0. The first kappa shape index (κ1) is 14.9. The van der Waals surface area contributed by atoms with Gasteiger partial charge in [-0.05, 0) is 56.7 Å². The molecule has 0 radical (unpaired) electrons. The van der Waals surface area contributed by atoms with Crippen molar-refractivity contribution in [1.82, 2.24) is 0 Å². The summed E-state index contributed by atoms with van der Waals surface area (Å²) >= 11 is 5.33. The second kappa shape index (κ2) is 6.31. The maximum atomic E-state index is 12.2. The Morgan fingerprint density at radius 1 is 1.25 bits per heavy atom. The van der Waals surface area contributed by atoms with Gasteiger partial charge in [-0.2, -0.15) is 0 Å². The molecule has 0 saturated heterocycles. The normalized spacial score (nSPS) is 10.1. The van der Waals surface area contributed by atoms with Crippen LogP contribution in [0.1, 0.15) is 10.4 Å². The number of anilines is 1. The first-order valence-corrected chi connectivity index (χ1v) is 7.36.